The van der Waals surface area contributed by atoms with Gasteiger partial charge in [0, 0.05) is 13.1 Å². The Labute approximate surface area is 89.6 Å². The van der Waals surface area contributed by atoms with Gasteiger partial charge in [0.2, 0.25) is 5.91 Å². The zero-order valence-electron chi connectivity index (χ0n) is 8.85. The van der Waals surface area contributed by atoms with Crippen molar-refractivity contribution >= 4 is 5.91 Å². The van der Waals surface area contributed by atoms with Crippen LogP contribution in [-0.2, 0) is 4.79 Å². The van der Waals surface area contributed by atoms with Crippen LogP contribution in [0.25, 0.3) is 0 Å². The van der Waals surface area contributed by atoms with Crippen molar-refractivity contribution < 1.29 is 9.90 Å². The van der Waals surface area contributed by atoms with Gasteiger partial charge in [-0.25, -0.2) is 0 Å². The molecule has 2 N–H and O–H groups in total. The minimum Gasteiger partial charge on any atom is -0.389 e. The van der Waals surface area contributed by atoms with Crippen LogP contribution >= 0.6 is 0 Å². The first-order chi connectivity index (χ1) is 7.25. The first kappa shape index (κ1) is 9.60. The van der Waals surface area contributed by atoms with Crippen molar-refractivity contribution in [2.45, 2.75) is 31.4 Å². The average Bonchev–Trinajstić information content (AvgIpc) is 2.72. The van der Waals surface area contributed by atoms with Crippen molar-refractivity contribution in [3.8, 4) is 0 Å². The van der Waals surface area contributed by atoms with Gasteiger partial charge in [0.1, 0.15) is 0 Å². The van der Waals surface area contributed by atoms with Crippen molar-refractivity contribution in [3.63, 3.8) is 0 Å². The van der Waals surface area contributed by atoms with Crippen LogP contribution in [0.3, 0.4) is 0 Å². The minimum absolute atomic E-state index is 0.0463. The summed E-state index contributed by atoms with van der Waals surface area (Å²) in [7, 11) is 0. The summed E-state index contributed by atoms with van der Waals surface area (Å²) in [6, 6.07) is 0.0463. The second-order valence-corrected chi connectivity index (χ2v) is 5.14. The molecule has 3 fully saturated rings. The zero-order valence-corrected chi connectivity index (χ0v) is 8.85. The fraction of sp³-hybridized carbons (Fsp3) is 0.909. The highest BCUT2D eigenvalue weighted by Crippen LogP contribution is 2.38. The Morgan fingerprint density at radius 2 is 2.13 bits per heavy atom. The molecule has 1 saturated carbocycles. The molecule has 3 unspecified atom stereocenters. The maximum Gasteiger partial charge on any atom is 0.240 e. The Hall–Kier alpha value is -0.610. The fourth-order valence-electron chi connectivity index (χ4n) is 3.29. The Balaban J connectivity index is 1.64. The Morgan fingerprint density at radius 3 is 2.87 bits per heavy atom. The highest BCUT2D eigenvalue weighted by atomic mass is 16.3. The molecule has 4 heteroatoms. The summed E-state index contributed by atoms with van der Waals surface area (Å²) in [5, 5.41) is 12.5. The maximum atomic E-state index is 12.1. The minimum atomic E-state index is -0.283. The number of nitrogens with zero attached hydrogens (tertiary/aromatic N) is 1. The summed E-state index contributed by atoms with van der Waals surface area (Å²) in [5.41, 5.74) is 0. The summed E-state index contributed by atoms with van der Waals surface area (Å²) in [6.07, 6.45) is 3.48. The molecule has 2 aliphatic heterocycles. The van der Waals surface area contributed by atoms with Crippen LogP contribution in [0.2, 0.25) is 0 Å². The van der Waals surface area contributed by atoms with E-state index in [-0.39, 0.29) is 18.1 Å². The van der Waals surface area contributed by atoms with E-state index in [4.69, 9.17) is 0 Å². The quantitative estimate of drug-likeness (QED) is 0.618. The lowest BCUT2D eigenvalue weighted by atomic mass is 9.92. The number of likely N-dealkylation sites (tertiary alicyclic amines) is 1. The monoisotopic (exact) mass is 210 g/mol. The predicted octanol–water partition coefficient (Wildman–Crippen LogP) is -0.422. The lowest BCUT2D eigenvalue weighted by Crippen LogP contribution is -2.58. The molecule has 3 rings (SSSR count). The Morgan fingerprint density at radius 1 is 1.33 bits per heavy atom. The summed E-state index contributed by atoms with van der Waals surface area (Å²) >= 11 is 0. The Kier molecular flexibility index (Phi) is 2.21. The molecular weight excluding hydrogens is 192 g/mol. The van der Waals surface area contributed by atoms with Crippen LogP contribution in [0.15, 0.2) is 0 Å². The smallest absolute Gasteiger partial charge is 0.240 e. The first-order valence-electron chi connectivity index (χ1n) is 5.96. The summed E-state index contributed by atoms with van der Waals surface area (Å²) < 4.78 is 0. The number of aliphatic hydroxyl groups excluding tert-OH is 1. The van der Waals surface area contributed by atoms with Gasteiger partial charge in [-0.15, -0.1) is 0 Å². The number of nitrogens with one attached hydrogen (secondary N) is 1. The lowest BCUT2D eigenvalue weighted by molar-refractivity contribution is -0.144. The fourth-order valence-corrected chi connectivity index (χ4v) is 3.29. The molecule has 0 aromatic heterocycles. The van der Waals surface area contributed by atoms with Crippen LogP contribution in [0.5, 0.6) is 0 Å². The molecule has 0 aromatic carbocycles. The van der Waals surface area contributed by atoms with E-state index in [0.29, 0.717) is 19.0 Å². The van der Waals surface area contributed by atoms with E-state index in [9.17, 15) is 9.90 Å². The molecule has 0 aromatic rings. The third kappa shape index (κ3) is 1.47. The van der Waals surface area contributed by atoms with E-state index in [1.165, 1.54) is 19.3 Å². The molecule has 3 aliphatic rings. The number of carbonyl (C=O) groups is 1. The summed E-state index contributed by atoms with van der Waals surface area (Å²) in [4.78, 5) is 13.8. The van der Waals surface area contributed by atoms with Crippen molar-refractivity contribution in [1.29, 1.82) is 0 Å². The molecular formula is C11H18N2O2. The molecule has 15 heavy (non-hydrogen) atoms. The lowest BCUT2D eigenvalue weighted by Gasteiger charge is -2.38. The van der Waals surface area contributed by atoms with E-state index >= 15 is 0 Å². The van der Waals surface area contributed by atoms with Gasteiger partial charge >= 0.3 is 0 Å². The standard InChI is InChI=1S/C11H18N2O2/c14-8-5-13(6-8)11(15)10-9-3-1-2-7(9)4-12-10/h7-10,12,14H,1-6H2. The molecule has 2 heterocycles. The topological polar surface area (TPSA) is 52.6 Å². The van der Waals surface area contributed by atoms with E-state index in [0.717, 1.165) is 12.5 Å². The van der Waals surface area contributed by atoms with Crippen molar-refractivity contribution in [2.75, 3.05) is 19.6 Å². The molecule has 0 spiro atoms. The number of amides is 1. The van der Waals surface area contributed by atoms with Crippen molar-refractivity contribution in [3.05, 3.63) is 0 Å². The van der Waals surface area contributed by atoms with Crippen LogP contribution < -0.4 is 5.32 Å². The molecule has 1 amide bonds. The molecule has 84 valence electrons. The van der Waals surface area contributed by atoms with Gasteiger partial charge in [-0.3, -0.25) is 4.79 Å². The molecule has 0 bridgehead atoms. The molecule has 4 nitrogen and oxygen atoms in total. The second kappa shape index (κ2) is 3.46. The summed E-state index contributed by atoms with van der Waals surface area (Å²) in [6.45, 7) is 2.08. The number of aliphatic hydroxyl groups is 1. The highest BCUT2D eigenvalue weighted by Gasteiger charge is 2.45. The SMILES string of the molecule is O=C(C1NCC2CCCC21)N1CC(O)C1. The van der Waals surface area contributed by atoms with Gasteiger partial charge in [-0.1, -0.05) is 6.42 Å². The second-order valence-electron chi connectivity index (χ2n) is 5.14. The van der Waals surface area contributed by atoms with Crippen LogP contribution in [0, 0.1) is 11.8 Å². The number of rotatable bonds is 1. The van der Waals surface area contributed by atoms with E-state index in [1.807, 2.05) is 0 Å². The third-order valence-electron chi connectivity index (χ3n) is 4.19. The number of carbonyl (C=O) groups excluding carboxylic acids is 1. The summed E-state index contributed by atoms with van der Waals surface area (Å²) in [5.74, 6) is 1.51. The van der Waals surface area contributed by atoms with Gasteiger partial charge in [0.05, 0.1) is 12.1 Å². The number of hydrogen-bond donors (Lipinski definition) is 2. The van der Waals surface area contributed by atoms with Gasteiger partial charge in [0.15, 0.2) is 0 Å². The number of β-amino-alcohol motifs (C(OH)–C–C–N with tert-alkyl or cyclic N) is 1. The first-order valence-corrected chi connectivity index (χ1v) is 5.96. The number of hydrogen-bond acceptors (Lipinski definition) is 3. The molecule has 2 saturated heterocycles. The van der Waals surface area contributed by atoms with Gasteiger partial charge in [0.25, 0.3) is 0 Å². The molecule has 3 atom stereocenters. The van der Waals surface area contributed by atoms with E-state index in [2.05, 4.69) is 5.32 Å². The van der Waals surface area contributed by atoms with Crippen molar-refractivity contribution in [2.24, 2.45) is 11.8 Å². The maximum absolute atomic E-state index is 12.1. The van der Waals surface area contributed by atoms with Crippen LogP contribution in [-0.4, -0.2) is 47.7 Å². The molecule has 1 aliphatic carbocycles. The van der Waals surface area contributed by atoms with Crippen molar-refractivity contribution in [1.82, 2.24) is 10.2 Å². The number of fused-ring (bicyclic) bond motifs is 1. The van der Waals surface area contributed by atoms with E-state index < -0.39 is 0 Å². The van der Waals surface area contributed by atoms with Gasteiger partial charge in [-0.05, 0) is 31.2 Å². The van der Waals surface area contributed by atoms with Crippen LogP contribution in [0.4, 0.5) is 0 Å². The third-order valence-corrected chi connectivity index (χ3v) is 4.19. The normalized spacial score (nSPS) is 40.3. The van der Waals surface area contributed by atoms with E-state index in [1.54, 1.807) is 4.90 Å². The average molecular weight is 210 g/mol. The zero-order chi connectivity index (χ0) is 10.4. The van der Waals surface area contributed by atoms with Crippen LogP contribution in [0.1, 0.15) is 19.3 Å². The van der Waals surface area contributed by atoms with Gasteiger partial charge < -0.3 is 15.3 Å². The highest BCUT2D eigenvalue weighted by molar-refractivity contribution is 5.83. The largest absolute Gasteiger partial charge is 0.389 e. The predicted molar refractivity (Wildman–Crippen MR) is 55.2 cm³/mol. The molecule has 0 radical (unpaired) electrons. The van der Waals surface area contributed by atoms with Gasteiger partial charge in [-0.2, -0.15) is 0 Å². The Bertz CT molecular complexity index is 276.